The molecule has 0 aliphatic rings. The molecule has 2 nitrogen and oxygen atoms in total. The van der Waals surface area contributed by atoms with Crippen LogP contribution in [0.2, 0.25) is 0 Å². The third-order valence-electron chi connectivity index (χ3n) is 2.77. The molecule has 0 fully saturated rings. The molecule has 4 heteroatoms. The van der Waals surface area contributed by atoms with E-state index >= 15 is 0 Å². The minimum Gasteiger partial charge on any atom is -0.489 e. The first-order valence-electron chi connectivity index (χ1n) is 5.97. The van der Waals surface area contributed by atoms with Crippen molar-refractivity contribution >= 4 is 15.9 Å². The van der Waals surface area contributed by atoms with Gasteiger partial charge in [0, 0.05) is 12.2 Å². The Kier molecular flexibility index (Phi) is 4.93. The number of benzene rings is 2. The molecule has 100 valence electrons. The first-order valence-corrected chi connectivity index (χ1v) is 6.76. The van der Waals surface area contributed by atoms with Crippen molar-refractivity contribution in [1.29, 1.82) is 0 Å². The molecule has 1 N–H and O–H groups in total. The first-order chi connectivity index (χ1) is 9.22. The molecule has 0 aliphatic carbocycles. The van der Waals surface area contributed by atoms with Crippen molar-refractivity contribution in [3.8, 4) is 5.75 Å². The summed E-state index contributed by atoms with van der Waals surface area (Å²) in [7, 11) is 0. The minimum absolute atomic E-state index is 0.0734. The second kappa shape index (κ2) is 6.68. The average Bonchev–Trinajstić information content (AvgIpc) is 2.42. The van der Waals surface area contributed by atoms with Crippen LogP contribution in [0.3, 0.4) is 0 Å². The zero-order valence-electron chi connectivity index (χ0n) is 10.3. The summed E-state index contributed by atoms with van der Waals surface area (Å²) in [5.41, 5.74) is 1.69. The number of aliphatic hydroxyl groups is 1. The van der Waals surface area contributed by atoms with Gasteiger partial charge in [0.25, 0.3) is 0 Å². The van der Waals surface area contributed by atoms with Gasteiger partial charge >= 0.3 is 0 Å². The van der Waals surface area contributed by atoms with E-state index in [0.717, 1.165) is 11.1 Å². The minimum atomic E-state index is -0.301. The smallest absolute Gasteiger partial charge is 0.137 e. The lowest BCUT2D eigenvalue weighted by Gasteiger charge is -2.12. The molecule has 2 aromatic carbocycles. The number of para-hydroxylation sites is 1. The predicted octanol–water partition coefficient (Wildman–Crippen LogP) is 3.70. The molecular formula is C15H14BrFO2. The lowest BCUT2D eigenvalue weighted by atomic mass is 10.1. The summed E-state index contributed by atoms with van der Waals surface area (Å²) in [6.07, 6.45) is 0.542. The van der Waals surface area contributed by atoms with Crippen LogP contribution >= 0.6 is 15.9 Å². The van der Waals surface area contributed by atoms with Gasteiger partial charge in [0.1, 0.15) is 18.2 Å². The Morgan fingerprint density at radius 1 is 1.05 bits per heavy atom. The summed E-state index contributed by atoms with van der Waals surface area (Å²) >= 11 is 3.21. The number of rotatable bonds is 5. The lowest BCUT2D eigenvalue weighted by Crippen LogP contribution is -2.01. The van der Waals surface area contributed by atoms with E-state index < -0.39 is 0 Å². The van der Waals surface area contributed by atoms with Gasteiger partial charge in [-0.15, -0.1) is 0 Å². The highest BCUT2D eigenvalue weighted by molar-refractivity contribution is 9.10. The van der Waals surface area contributed by atoms with Gasteiger partial charge in [-0.1, -0.05) is 30.3 Å². The Balaban J connectivity index is 2.12. The van der Waals surface area contributed by atoms with Gasteiger partial charge < -0.3 is 9.84 Å². The van der Waals surface area contributed by atoms with Crippen LogP contribution < -0.4 is 4.74 Å². The normalized spacial score (nSPS) is 10.5. The third-order valence-corrected chi connectivity index (χ3v) is 3.66. The zero-order chi connectivity index (χ0) is 13.7. The molecule has 0 radical (unpaired) electrons. The van der Waals surface area contributed by atoms with Gasteiger partial charge in [0.15, 0.2) is 0 Å². The molecule has 0 atom stereocenters. The molecule has 2 aromatic rings. The van der Waals surface area contributed by atoms with E-state index in [-0.39, 0.29) is 19.0 Å². The first kappa shape index (κ1) is 14.0. The van der Waals surface area contributed by atoms with Gasteiger partial charge in [0.05, 0.1) is 4.47 Å². The molecule has 0 bridgehead atoms. The van der Waals surface area contributed by atoms with Crippen molar-refractivity contribution in [2.75, 3.05) is 6.61 Å². The Hall–Kier alpha value is -1.39. The fraction of sp³-hybridized carbons (Fsp3) is 0.200. The van der Waals surface area contributed by atoms with Gasteiger partial charge in [-0.05, 0) is 40.0 Å². The summed E-state index contributed by atoms with van der Waals surface area (Å²) in [6.45, 7) is 0.352. The number of halogens is 2. The Bertz CT molecular complexity index is 558. The molecule has 0 heterocycles. The quantitative estimate of drug-likeness (QED) is 0.908. The number of hydrogen-bond acceptors (Lipinski definition) is 2. The van der Waals surface area contributed by atoms with Crippen LogP contribution in [0.15, 0.2) is 46.9 Å². The summed E-state index contributed by atoms with van der Waals surface area (Å²) in [5, 5.41) is 9.00. The molecule has 0 unspecified atom stereocenters. The highest BCUT2D eigenvalue weighted by atomic mass is 79.9. The average molecular weight is 325 g/mol. The van der Waals surface area contributed by atoms with Gasteiger partial charge in [-0.3, -0.25) is 0 Å². The van der Waals surface area contributed by atoms with Crippen molar-refractivity contribution in [1.82, 2.24) is 0 Å². The summed E-state index contributed by atoms with van der Waals surface area (Å²) in [6, 6.07) is 12.4. The number of ether oxygens (including phenoxy) is 1. The molecule has 0 aromatic heterocycles. The summed E-state index contributed by atoms with van der Waals surface area (Å²) in [5.74, 6) is 0.414. The molecule has 0 saturated heterocycles. The number of hydrogen-bond donors (Lipinski definition) is 1. The standard InChI is InChI=1S/C15H14BrFO2/c16-15-12(5-3-6-13(15)17)10-19-14-7-2-1-4-11(14)8-9-18/h1-7,18H,8-10H2. The zero-order valence-corrected chi connectivity index (χ0v) is 11.9. The van der Waals surface area contributed by atoms with Gasteiger partial charge in [0.2, 0.25) is 0 Å². The van der Waals surface area contributed by atoms with E-state index in [9.17, 15) is 4.39 Å². The largest absolute Gasteiger partial charge is 0.489 e. The third kappa shape index (κ3) is 3.55. The monoisotopic (exact) mass is 324 g/mol. The fourth-order valence-corrected chi connectivity index (χ4v) is 2.17. The summed E-state index contributed by atoms with van der Waals surface area (Å²) in [4.78, 5) is 0. The van der Waals surface area contributed by atoms with E-state index in [2.05, 4.69) is 15.9 Å². The molecule has 0 saturated carbocycles. The van der Waals surface area contributed by atoms with Crippen molar-refractivity contribution in [3.05, 3.63) is 63.9 Å². The van der Waals surface area contributed by atoms with E-state index in [1.807, 2.05) is 30.3 Å². The van der Waals surface area contributed by atoms with E-state index in [4.69, 9.17) is 9.84 Å². The molecular weight excluding hydrogens is 311 g/mol. The maximum Gasteiger partial charge on any atom is 0.137 e. The van der Waals surface area contributed by atoms with E-state index in [0.29, 0.717) is 16.6 Å². The molecule has 0 amide bonds. The van der Waals surface area contributed by atoms with Crippen molar-refractivity contribution in [2.45, 2.75) is 13.0 Å². The highest BCUT2D eigenvalue weighted by Gasteiger charge is 2.07. The summed E-state index contributed by atoms with van der Waals surface area (Å²) < 4.78 is 19.5. The topological polar surface area (TPSA) is 29.5 Å². The van der Waals surface area contributed by atoms with E-state index in [1.54, 1.807) is 6.07 Å². The Morgan fingerprint density at radius 3 is 2.58 bits per heavy atom. The van der Waals surface area contributed by atoms with Crippen LogP contribution in [0.1, 0.15) is 11.1 Å². The van der Waals surface area contributed by atoms with Crippen LogP contribution in [0.5, 0.6) is 5.75 Å². The molecule has 19 heavy (non-hydrogen) atoms. The van der Waals surface area contributed by atoms with E-state index in [1.165, 1.54) is 6.07 Å². The highest BCUT2D eigenvalue weighted by Crippen LogP contribution is 2.24. The Morgan fingerprint density at radius 2 is 1.79 bits per heavy atom. The van der Waals surface area contributed by atoms with Gasteiger partial charge in [-0.25, -0.2) is 4.39 Å². The molecule has 0 aliphatic heterocycles. The molecule has 0 spiro atoms. The van der Waals surface area contributed by atoms with Crippen LogP contribution in [0.25, 0.3) is 0 Å². The number of aliphatic hydroxyl groups excluding tert-OH is 1. The molecule has 2 rings (SSSR count). The van der Waals surface area contributed by atoms with Crippen molar-refractivity contribution in [3.63, 3.8) is 0 Å². The maximum atomic E-state index is 13.4. The van der Waals surface area contributed by atoms with Crippen LogP contribution in [-0.4, -0.2) is 11.7 Å². The van der Waals surface area contributed by atoms with Crippen LogP contribution in [0, 0.1) is 5.82 Å². The second-order valence-electron chi connectivity index (χ2n) is 4.08. The van der Waals surface area contributed by atoms with Gasteiger partial charge in [-0.2, -0.15) is 0 Å². The van der Waals surface area contributed by atoms with Crippen LogP contribution in [-0.2, 0) is 13.0 Å². The second-order valence-corrected chi connectivity index (χ2v) is 4.88. The lowest BCUT2D eigenvalue weighted by molar-refractivity contribution is 0.283. The maximum absolute atomic E-state index is 13.4. The SMILES string of the molecule is OCCc1ccccc1OCc1cccc(F)c1Br. The van der Waals surface area contributed by atoms with Crippen LogP contribution in [0.4, 0.5) is 4.39 Å². The predicted molar refractivity (Wildman–Crippen MR) is 75.7 cm³/mol. The Labute approximate surface area is 120 Å². The van der Waals surface area contributed by atoms with Crippen molar-refractivity contribution < 1.29 is 14.2 Å². The van der Waals surface area contributed by atoms with Crippen molar-refractivity contribution in [2.24, 2.45) is 0 Å². The fourth-order valence-electron chi connectivity index (χ4n) is 1.79.